The Morgan fingerprint density at radius 2 is 2.05 bits per heavy atom. The second kappa shape index (κ2) is 6.55. The Kier molecular flexibility index (Phi) is 4.77. The number of methoxy groups -OCH3 is 1. The molecule has 4 nitrogen and oxygen atoms in total. The van der Waals surface area contributed by atoms with Gasteiger partial charge < -0.3 is 9.47 Å². The number of ether oxygens (including phenoxy) is 2. The highest BCUT2D eigenvalue weighted by atomic mass is 16.5. The Bertz CT molecular complexity index is 425. The van der Waals surface area contributed by atoms with Crippen molar-refractivity contribution in [2.45, 2.75) is 38.5 Å². The lowest BCUT2D eigenvalue weighted by Gasteiger charge is -2.26. The third-order valence-corrected chi connectivity index (χ3v) is 3.72. The smallest absolute Gasteiger partial charge is 0.308 e. The van der Waals surface area contributed by atoms with Crippen LogP contribution in [0.3, 0.4) is 0 Å². The molecule has 104 valence electrons. The summed E-state index contributed by atoms with van der Waals surface area (Å²) >= 11 is 0. The summed E-state index contributed by atoms with van der Waals surface area (Å²) in [6.07, 6.45) is 3.76. The highest BCUT2D eigenvalue weighted by Gasteiger charge is 2.28. The summed E-state index contributed by atoms with van der Waals surface area (Å²) in [4.78, 5) is 16.2. The number of rotatable bonds is 4. The van der Waals surface area contributed by atoms with Crippen LogP contribution in [0.4, 0.5) is 0 Å². The lowest BCUT2D eigenvalue weighted by molar-refractivity contribution is -0.149. The predicted molar refractivity (Wildman–Crippen MR) is 72.1 cm³/mol. The maximum atomic E-state index is 11.7. The van der Waals surface area contributed by atoms with E-state index in [0.29, 0.717) is 18.4 Å². The molecule has 19 heavy (non-hydrogen) atoms. The third kappa shape index (κ3) is 3.46. The summed E-state index contributed by atoms with van der Waals surface area (Å²) in [5, 5.41) is 0. The van der Waals surface area contributed by atoms with Crippen LogP contribution in [0.15, 0.2) is 18.2 Å². The van der Waals surface area contributed by atoms with E-state index in [1.54, 1.807) is 7.11 Å². The molecule has 1 aliphatic rings. The van der Waals surface area contributed by atoms with Crippen molar-refractivity contribution in [2.75, 3.05) is 13.7 Å². The Hall–Kier alpha value is -1.58. The fraction of sp³-hybridized carbons (Fsp3) is 0.600. The van der Waals surface area contributed by atoms with Gasteiger partial charge in [0.2, 0.25) is 5.88 Å². The summed E-state index contributed by atoms with van der Waals surface area (Å²) in [6, 6.07) is 5.87. The zero-order valence-electron chi connectivity index (χ0n) is 11.6. The zero-order chi connectivity index (χ0) is 13.7. The summed E-state index contributed by atoms with van der Waals surface area (Å²) in [7, 11) is 1.63. The number of pyridine rings is 1. The molecule has 1 saturated carbocycles. The van der Waals surface area contributed by atoms with Crippen molar-refractivity contribution in [1.29, 1.82) is 0 Å². The molecule has 0 N–H and O–H groups in total. The molecule has 0 spiro atoms. The number of nitrogens with zero attached hydrogens (tertiary/aromatic N) is 1. The standard InChI is InChI=1S/C15H21NO3/c1-3-19-15(17)12-9-7-11(8-10-12)13-5-4-6-14(16-13)18-2/h4-6,11-12H,3,7-10H2,1-2H3. The van der Waals surface area contributed by atoms with Gasteiger partial charge in [0.05, 0.1) is 19.6 Å². The molecule has 2 rings (SSSR count). The molecule has 1 aromatic heterocycles. The van der Waals surface area contributed by atoms with Gasteiger partial charge in [-0.05, 0) is 38.7 Å². The molecule has 0 unspecified atom stereocenters. The van der Waals surface area contributed by atoms with Crippen molar-refractivity contribution >= 4 is 5.97 Å². The first-order valence-corrected chi connectivity index (χ1v) is 6.92. The van der Waals surface area contributed by atoms with E-state index in [2.05, 4.69) is 4.98 Å². The minimum Gasteiger partial charge on any atom is -0.481 e. The summed E-state index contributed by atoms with van der Waals surface area (Å²) < 4.78 is 10.2. The highest BCUT2D eigenvalue weighted by Crippen LogP contribution is 2.35. The summed E-state index contributed by atoms with van der Waals surface area (Å²) in [6.45, 7) is 2.32. The second-order valence-corrected chi connectivity index (χ2v) is 4.91. The number of esters is 1. The SMILES string of the molecule is CCOC(=O)C1CCC(c2cccc(OC)n2)CC1. The Balaban J connectivity index is 1.94. The Morgan fingerprint density at radius 3 is 2.68 bits per heavy atom. The molecule has 0 saturated heterocycles. The molecule has 4 heteroatoms. The molecular weight excluding hydrogens is 242 g/mol. The van der Waals surface area contributed by atoms with Crippen molar-refractivity contribution in [2.24, 2.45) is 5.92 Å². The van der Waals surface area contributed by atoms with Gasteiger partial charge in [-0.2, -0.15) is 0 Å². The van der Waals surface area contributed by atoms with Crippen LogP contribution in [-0.4, -0.2) is 24.7 Å². The van der Waals surface area contributed by atoms with Crippen LogP contribution in [0.5, 0.6) is 5.88 Å². The second-order valence-electron chi connectivity index (χ2n) is 4.91. The normalized spacial score (nSPS) is 22.8. The molecule has 1 aliphatic carbocycles. The minimum atomic E-state index is -0.0421. The van der Waals surface area contributed by atoms with Crippen LogP contribution in [-0.2, 0) is 9.53 Å². The Labute approximate surface area is 114 Å². The molecular formula is C15H21NO3. The quantitative estimate of drug-likeness (QED) is 0.784. The monoisotopic (exact) mass is 263 g/mol. The topological polar surface area (TPSA) is 48.4 Å². The van der Waals surface area contributed by atoms with Gasteiger partial charge in [-0.3, -0.25) is 4.79 Å². The van der Waals surface area contributed by atoms with Crippen LogP contribution in [0.25, 0.3) is 0 Å². The molecule has 0 bridgehead atoms. The first-order valence-electron chi connectivity index (χ1n) is 6.92. The number of hydrogen-bond acceptors (Lipinski definition) is 4. The number of hydrogen-bond donors (Lipinski definition) is 0. The van der Waals surface area contributed by atoms with Gasteiger partial charge >= 0.3 is 5.97 Å². The van der Waals surface area contributed by atoms with Gasteiger partial charge in [-0.15, -0.1) is 0 Å². The van der Waals surface area contributed by atoms with Crippen molar-refractivity contribution in [3.63, 3.8) is 0 Å². The minimum absolute atomic E-state index is 0.0421. The first kappa shape index (κ1) is 13.8. The number of aromatic nitrogens is 1. The highest BCUT2D eigenvalue weighted by molar-refractivity contribution is 5.72. The lowest BCUT2D eigenvalue weighted by Crippen LogP contribution is -2.23. The van der Waals surface area contributed by atoms with Crippen LogP contribution >= 0.6 is 0 Å². The fourth-order valence-corrected chi connectivity index (χ4v) is 2.66. The van der Waals surface area contributed by atoms with Crippen LogP contribution in [0.1, 0.15) is 44.2 Å². The summed E-state index contributed by atoms with van der Waals surface area (Å²) in [5.41, 5.74) is 1.07. The zero-order valence-corrected chi connectivity index (χ0v) is 11.6. The van der Waals surface area contributed by atoms with Crippen molar-refractivity contribution in [3.05, 3.63) is 23.9 Å². The molecule has 0 aliphatic heterocycles. The summed E-state index contributed by atoms with van der Waals surface area (Å²) in [5.74, 6) is 1.12. The van der Waals surface area contributed by atoms with Crippen LogP contribution in [0, 0.1) is 5.92 Å². The molecule has 0 aromatic carbocycles. The van der Waals surface area contributed by atoms with Gasteiger partial charge in [0, 0.05) is 17.7 Å². The number of carbonyl (C=O) groups excluding carboxylic acids is 1. The largest absolute Gasteiger partial charge is 0.481 e. The van der Waals surface area contributed by atoms with Gasteiger partial charge in [-0.25, -0.2) is 4.98 Å². The van der Waals surface area contributed by atoms with Crippen molar-refractivity contribution in [3.8, 4) is 5.88 Å². The molecule has 1 heterocycles. The Morgan fingerprint density at radius 1 is 1.32 bits per heavy atom. The van der Waals surface area contributed by atoms with E-state index in [9.17, 15) is 4.79 Å². The van der Waals surface area contributed by atoms with Gasteiger partial charge in [-0.1, -0.05) is 6.07 Å². The molecule has 1 aromatic rings. The maximum absolute atomic E-state index is 11.7. The van der Waals surface area contributed by atoms with E-state index in [1.165, 1.54) is 0 Å². The van der Waals surface area contributed by atoms with E-state index in [0.717, 1.165) is 31.4 Å². The average Bonchev–Trinajstić information content (AvgIpc) is 2.48. The van der Waals surface area contributed by atoms with E-state index in [4.69, 9.17) is 9.47 Å². The van der Waals surface area contributed by atoms with Crippen LogP contribution < -0.4 is 4.74 Å². The molecule has 0 atom stereocenters. The third-order valence-electron chi connectivity index (χ3n) is 3.72. The van der Waals surface area contributed by atoms with Gasteiger partial charge in [0.15, 0.2) is 0 Å². The van der Waals surface area contributed by atoms with E-state index in [1.807, 2.05) is 25.1 Å². The van der Waals surface area contributed by atoms with Gasteiger partial charge in [0.1, 0.15) is 0 Å². The van der Waals surface area contributed by atoms with Crippen molar-refractivity contribution in [1.82, 2.24) is 4.98 Å². The fourth-order valence-electron chi connectivity index (χ4n) is 2.66. The van der Waals surface area contributed by atoms with E-state index < -0.39 is 0 Å². The lowest BCUT2D eigenvalue weighted by atomic mass is 9.80. The maximum Gasteiger partial charge on any atom is 0.308 e. The molecule has 1 fully saturated rings. The van der Waals surface area contributed by atoms with E-state index >= 15 is 0 Å². The average molecular weight is 263 g/mol. The molecule has 0 radical (unpaired) electrons. The van der Waals surface area contributed by atoms with Gasteiger partial charge in [0.25, 0.3) is 0 Å². The number of carbonyl (C=O) groups is 1. The predicted octanol–water partition coefficient (Wildman–Crippen LogP) is 2.93. The van der Waals surface area contributed by atoms with Crippen LogP contribution in [0.2, 0.25) is 0 Å². The van der Waals surface area contributed by atoms with Crippen molar-refractivity contribution < 1.29 is 14.3 Å². The van der Waals surface area contributed by atoms with E-state index in [-0.39, 0.29) is 11.9 Å². The molecule has 0 amide bonds. The first-order chi connectivity index (χ1) is 9.24.